The molecular weight excluding hydrogens is 543 g/mol. The number of hydrogen-bond donors (Lipinski definition) is 1. The number of rotatable bonds is 8. The van der Waals surface area contributed by atoms with Gasteiger partial charge in [0.15, 0.2) is 0 Å². The Balaban J connectivity index is 0.855. The van der Waals surface area contributed by atoms with Crippen LogP contribution >= 0.6 is 11.6 Å². The first-order chi connectivity index (χ1) is 20.0. The lowest BCUT2D eigenvalue weighted by Crippen LogP contribution is -2.37. The van der Waals surface area contributed by atoms with Gasteiger partial charge in [0.2, 0.25) is 11.9 Å². The Kier molecular flexibility index (Phi) is 6.02. The van der Waals surface area contributed by atoms with Gasteiger partial charge in [0.05, 0.1) is 47.5 Å². The fraction of sp³-hybridized carbons (Fsp3) is 0.548. The number of piperidine rings is 1. The van der Waals surface area contributed by atoms with Gasteiger partial charge in [0, 0.05) is 37.5 Å². The predicted octanol–water partition coefficient (Wildman–Crippen LogP) is 5.32. The minimum atomic E-state index is -0.379. The van der Waals surface area contributed by atoms with Crippen molar-refractivity contribution < 1.29 is 13.9 Å². The second-order valence-corrected chi connectivity index (χ2v) is 13.0. The predicted molar refractivity (Wildman–Crippen MR) is 153 cm³/mol. The molecule has 2 aliphatic heterocycles. The number of aromatic nitrogens is 4. The van der Waals surface area contributed by atoms with E-state index in [2.05, 4.69) is 25.1 Å². The number of nitrogens with zero attached hydrogens (tertiary/aromatic N) is 5. The molecule has 4 fully saturated rings. The van der Waals surface area contributed by atoms with Gasteiger partial charge in [0.25, 0.3) is 0 Å². The van der Waals surface area contributed by atoms with Crippen molar-refractivity contribution in [3.63, 3.8) is 0 Å². The van der Waals surface area contributed by atoms with Crippen LogP contribution in [0.4, 0.5) is 16.0 Å². The maximum Gasteiger partial charge on any atom is 0.231 e. The van der Waals surface area contributed by atoms with E-state index >= 15 is 4.39 Å². The first-order valence-corrected chi connectivity index (χ1v) is 15.4. The van der Waals surface area contributed by atoms with Crippen molar-refractivity contribution in [2.45, 2.75) is 57.3 Å². The van der Waals surface area contributed by atoms with Crippen molar-refractivity contribution >= 4 is 29.1 Å². The van der Waals surface area contributed by atoms with Gasteiger partial charge in [-0.25, -0.2) is 14.4 Å². The number of aromatic amines is 1. The van der Waals surface area contributed by atoms with Crippen LogP contribution < -0.4 is 14.5 Å². The standard InChI is InChI=1S/C31H34ClFN6O2/c32-21-15-34-30(35-16-21)38-10-7-20(8-11-38)31-14-23(31)24(31)17-41-22-6-5-19(25(33)13-22)12-27(40)39-9-1-2-26-29(39)28(37-36-26)18-3-4-18/h5-6,13,15-16,18,20,23-24H,1-4,7-12,14,17H2,(H,36,37). The molecule has 1 saturated heterocycles. The number of halogens is 2. The van der Waals surface area contributed by atoms with E-state index < -0.39 is 0 Å². The maximum atomic E-state index is 15.1. The number of nitrogens with one attached hydrogen (secondary N) is 1. The van der Waals surface area contributed by atoms with Crippen molar-refractivity contribution in [1.82, 2.24) is 20.2 Å². The Bertz CT molecular complexity index is 1480. The monoisotopic (exact) mass is 576 g/mol. The molecule has 10 heteroatoms. The molecule has 4 heterocycles. The lowest BCUT2D eigenvalue weighted by molar-refractivity contribution is -0.118. The minimum Gasteiger partial charge on any atom is -0.493 e. The van der Waals surface area contributed by atoms with Gasteiger partial charge in [-0.2, -0.15) is 5.10 Å². The number of carbonyl (C=O) groups excluding carboxylic acids is 1. The lowest BCUT2D eigenvalue weighted by atomic mass is 9.84. The molecule has 8 nitrogen and oxygen atoms in total. The molecule has 3 aliphatic carbocycles. The Labute approximate surface area is 243 Å². The number of benzene rings is 1. The summed E-state index contributed by atoms with van der Waals surface area (Å²) in [6, 6.07) is 4.97. The van der Waals surface area contributed by atoms with Gasteiger partial charge in [-0.05, 0) is 73.8 Å². The third-order valence-corrected chi connectivity index (χ3v) is 10.5. The van der Waals surface area contributed by atoms with Crippen LogP contribution in [0.5, 0.6) is 5.75 Å². The number of hydrogen-bond acceptors (Lipinski definition) is 6. The SMILES string of the molecule is O=C(Cc1ccc(OCC2C3CC23C2CCN(c3ncc(Cl)cn3)CC2)cc1F)N1CCCc2[nH]nc(C3CC3)c21. The zero-order valence-corrected chi connectivity index (χ0v) is 23.7. The van der Waals surface area contributed by atoms with Gasteiger partial charge in [0.1, 0.15) is 11.6 Å². The van der Waals surface area contributed by atoms with Crippen molar-refractivity contribution in [3.8, 4) is 5.75 Å². The Morgan fingerprint density at radius 2 is 1.95 bits per heavy atom. The number of amides is 1. The van der Waals surface area contributed by atoms with Gasteiger partial charge in [-0.3, -0.25) is 9.89 Å². The zero-order valence-electron chi connectivity index (χ0n) is 23.0. The fourth-order valence-corrected chi connectivity index (χ4v) is 7.80. The molecule has 3 saturated carbocycles. The van der Waals surface area contributed by atoms with E-state index in [1.165, 1.54) is 12.5 Å². The van der Waals surface area contributed by atoms with E-state index in [1.54, 1.807) is 18.5 Å². The highest BCUT2D eigenvalue weighted by Gasteiger charge is 2.80. The molecule has 0 radical (unpaired) electrons. The van der Waals surface area contributed by atoms with E-state index in [0.29, 0.717) is 52.7 Å². The van der Waals surface area contributed by atoms with Crippen LogP contribution in [0, 0.1) is 29.0 Å². The molecule has 8 rings (SSSR count). The summed E-state index contributed by atoms with van der Waals surface area (Å²) < 4.78 is 21.2. The van der Waals surface area contributed by atoms with Crippen LogP contribution in [0.1, 0.15) is 61.4 Å². The van der Waals surface area contributed by atoms with Crippen molar-refractivity contribution in [1.29, 1.82) is 0 Å². The van der Waals surface area contributed by atoms with Crippen LogP contribution in [-0.2, 0) is 17.6 Å². The number of H-pyrrole nitrogens is 1. The van der Waals surface area contributed by atoms with Gasteiger partial charge < -0.3 is 14.5 Å². The van der Waals surface area contributed by atoms with E-state index in [0.717, 1.165) is 80.6 Å². The number of anilines is 2. The number of ether oxygens (including phenoxy) is 1. The quantitative estimate of drug-likeness (QED) is 0.390. The molecule has 3 unspecified atom stereocenters. The largest absolute Gasteiger partial charge is 0.493 e. The van der Waals surface area contributed by atoms with Crippen LogP contribution in [0.3, 0.4) is 0 Å². The maximum absolute atomic E-state index is 15.1. The zero-order chi connectivity index (χ0) is 27.7. The Morgan fingerprint density at radius 3 is 2.68 bits per heavy atom. The van der Waals surface area contributed by atoms with Crippen molar-refractivity contribution in [2.75, 3.05) is 36.0 Å². The van der Waals surface area contributed by atoms with Crippen LogP contribution in [-0.4, -0.2) is 52.3 Å². The summed E-state index contributed by atoms with van der Waals surface area (Å²) in [7, 11) is 0. The molecule has 2 aromatic heterocycles. The summed E-state index contributed by atoms with van der Waals surface area (Å²) in [6.45, 7) is 3.21. The average Bonchev–Trinajstić information content (AvgIpc) is 3.93. The van der Waals surface area contributed by atoms with Gasteiger partial charge >= 0.3 is 0 Å². The minimum absolute atomic E-state index is 0.0361. The Morgan fingerprint density at radius 1 is 1.15 bits per heavy atom. The molecule has 214 valence electrons. The summed E-state index contributed by atoms with van der Waals surface area (Å²) in [5, 5.41) is 8.20. The Hall–Kier alpha value is -3.20. The van der Waals surface area contributed by atoms with Crippen molar-refractivity contribution in [2.24, 2.45) is 23.2 Å². The van der Waals surface area contributed by atoms with Gasteiger partial charge in [-0.15, -0.1) is 0 Å². The molecule has 0 spiro atoms. The fourth-order valence-electron chi connectivity index (χ4n) is 7.70. The van der Waals surface area contributed by atoms with Crippen molar-refractivity contribution in [3.05, 3.63) is 58.4 Å². The molecule has 1 aromatic carbocycles. The average molecular weight is 577 g/mol. The number of aryl methyl sites for hydroxylation is 1. The molecule has 0 bridgehead atoms. The topological polar surface area (TPSA) is 87.2 Å². The van der Waals surface area contributed by atoms with E-state index in [4.69, 9.17) is 16.3 Å². The third kappa shape index (κ3) is 4.47. The third-order valence-electron chi connectivity index (χ3n) is 10.3. The highest BCUT2D eigenvalue weighted by atomic mass is 35.5. The van der Waals surface area contributed by atoms with Crippen LogP contribution in [0.15, 0.2) is 30.6 Å². The lowest BCUT2D eigenvalue weighted by Gasteiger charge is -2.34. The van der Waals surface area contributed by atoms with E-state index in [1.807, 2.05) is 11.0 Å². The molecule has 1 amide bonds. The summed E-state index contributed by atoms with van der Waals surface area (Å²) in [5.41, 5.74) is 3.82. The number of fused-ring (bicyclic) bond motifs is 2. The summed E-state index contributed by atoms with van der Waals surface area (Å²) >= 11 is 5.94. The summed E-state index contributed by atoms with van der Waals surface area (Å²) in [5.74, 6) is 3.28. The molecule has 41 heavy (non-hydrogen) atoms. The molecule has 1 N–H and O–H groups in total. The first kappa shape index (κ1) is 25.5. The molecular formula is C31H34ClFN6O2. The van der Waals surface area contributed by atoms with E-state index in [-0.39, 0.29) is 18.1 Å². The van der Waals surface area contributed by atoms with E-state index in [9.17, 15) is 4.79 Å². The normalized spacial score (nSPS) is 26.9. The second-order valence-electron chi connectivity index (χ2n) is 12.6. The first-order valence-electron chi connectivity index (χ1n) is 15.0. The highest BCUT2D eigenvalue weighted by Crippen LogP contribution is 2.84. The molecule has 5 aliphatic rings. The van der Waals surface area contributed by atoms with Crippen LogP contribution in [0.2, 0.25) is 5.02 Å². The number of carbonyl (C=O) groups is 1. The van der Waals surface area contributed by atoms with Crippen LogP contribution in [0.25, 0.3) is 0 Å². The van der Waals surface area contributed by atoms with Gasteiger partial charge in [-0.1, -0.05) is 17.7 Å². The summed E-state index contributed by atoms with van der Waals surface area (Å²) in [4.78, 5) is 26.1. The second kappa shape index (κ2) is 9.68. The smallest absolute Gasteiger partial charge is 0.231 e. The molecule has 3 atom stereocenters. The highest BCUT2D eigenvalue weighted by molar-refractivity contribution is 6.30. The molecule has 3 aromatic rings. The summed E-state index contributed by atoms with van der Waals surface area (Å²) in [6.07, 6.45) is 10.9.